The summed E-state index contributed by atoms with van der Waals surface area (Å²) in [6.45, 7) is 3.48. The van der Waals surface area contributed by atoms with Crippen molar-refractivity contribution in [2.24, 2.45) is 0 Å². The second-order valence-electron chi connectivity index (χ2n) is 6.99. The van der Waals surface area contributed by atoms with Crippen LogP contribution >= 0.6 is 0 Å². The zero-order valence-electron chi connectivity index (χ0n) is 16.9. The number of esters is 1. The molecule has 2 N–H and O–H groups in total. The average molecular weight is 410 g/mol. The third kappa shape index (κ3) is 4.32. The summed E-state index contributed by atoms with van der Waals surface area (Å²) in [7, 11) is 0. The lowest BCUT2D eigenvalue weighted by Crippen LogP contribution is -2.06. The van der Waals surface area contributed by atoms with E-state index in [0.29, 0.717) is 12.2 Å². The number of aromatic amines is 1. The van der Waals surface area contributed by atoms with Crippen molar-refractivity contribution >= 4 is 28.0 Å². The highest BCUT2D eigenvalue weighted by Gasteiger charge is 2.19. The molecule has 0 unspecified atom stereocenters. The largest absolute Gasteiger partial charge is 0.423 e. The molecule has 1 aromatic heterocycles. The molecule has 0 aliphatic heterocycles. The lowest BCUT2D eigenvalue weighted by molar-refractivity contribution is -0.128. The predicted molar refractivity (Wildman–Crippen MR) is 122 cm³/mol. The normalized spacial score (nSPS) is 11.8. The second kappa shape index (κ2) is 9.24. The Labute approximate surface area is 180 Å². The van der Waals surface area contributed by atoms with Gasteiger partial charge in [0.05, 0.1) is 11.7 Å². The molecule has 3 aromatic carbocycles. The van der Waals surface area contributed by atoms with E-state index in [4.69, 9.17) is 4.74 Å². The summed E-state index contributed by atoms with van der Waals surface area (Å²) in [4.78, 5) is 12.0. The summed E-state index contributed by atoms with van der Waals surface area (Å²) in [6, 6.07) is 23.3. The molecule has 0 aliphatic carbocycles. The number of H-pyrrole nitrogens is 1. The zero-order chi connectivity index (χ0) is 21.6. The average Bonchev–Trinajstić information content (AvgIpc) is 3.28. The van der Waals surface area contributed by atoms with Crippen LogP contribution in [-0.2, 0) is 4.79 Å². The number of aliphatic hydroxyl groups is 1. The molecular formula is C26H22N2O3. The molecule has 31 heavy (non-hydrogen) atoms. The maximum Gasteiger partial charge on any atom is 0.335 e. The summed E-state index contributed by atoms with van der Waals surface area (Å²) in [6.07, 6.45) is 3.35. The van der Waals surface area contributed by atoms with Gasteiger partial charge in [-0.25, -0.2) is 4.79 Å². The van der Waals surface area contributed by atoms with Gasteiger partial charge in [-0.1, -0.05) is 61.2 Å². The molecule has 4 rings (SSSR count). The van der Waals surface area contributed by atoms with Gasteiger partial charge in [-0.3, -0.25) is 5.10 Å². The first-order valence-corrected chi connectivity index (χ1v) is 9.98. The number of para-hydroxylation sites is 1. The van der Waals surface area contributed by atoms with Crippen molar-refractivity contribution < 1.29 is 14.6 Å². The van der Waals surface area contributed by atoms with Crippen LogP contribution in [0.15, 0.2) is 91.6 Å². The van der Waals surface area contributed by atoms with E-state index in [1.54, 1.807) is 12.3 Å². The fourth-order valence-corrected chi connectivity index (χ4v) is 3.67. The standard InChI is InChI=1S/C26H22N2O3/c1-2-25(30)31-24-11-7-6-10-22(24)26(19-12-13-23-20(16-19)17-27-28-23)21(14-15-29)18-8-4-3-5-9-18/h2-13,16-17,29H,1,14-15H2,(H,27,28)/b26-21+. The molecule has 0 atom stereocenters. The number of aliphatic hydroxyl groups excluding tert-OH is 1. The van der Waals surface area contributed by atoms with Crippen LogP contribution in [0.2, 0.25) is 0 Å². The van der Waals surface area contributed by atoms with Crippen molar-refractivity contribution in [3.8, 4) is 5.75 Å². The molecule has 5 nitrogen and oxygen atoms in total. The van der Waals surface area contributed by atoms with E-state index >= 15 is 0 Å². The predicted octanol–water partition coefficient (Wildman–Crippen LogP) is 5.00. The molecule has 4 aromatic rings. The third-order valence-corrected chi connectivity index (χ3v) is 5.05. The smallest absolute Gasteiger partial charge is 0.335 e. The van der Waals surface area contributed by atoms with Crippen molar-refractivity contribution in [2.75, 3.05) is 6.61 Å². The lowest BCUT2D eigenvalue weighted by Gasteiger charge is -2.19. The Balaban J connectivity index is 2.02. The van der Waals surface area contributed by atoms with E-state index in [9.17, 15) is 9.90 Å². The van der Waals surface area contributed by atoms with Crippen molar-refractivity contribution in [3.05, 3.63) is 108 Å². The Morgan fingerprint density at radius 2 is 1.81 bits per heavy atom. The van der Waals surface area contributed by atoms with Crippen LogP contribution in [-0.4, -0.2) is 27.9 Å². The van der Waals surface area contributed by atoms with Gasteiger partial charge in [0.2, 0.25) is 0 Å². The molecule has 0 bridgehead atoms. The minimum atomic E-state index is -0.527. The highest BCUT2D eigenvalue weighted by molar-refractivity contribution is 6.02. The Hall–Kier alpha value is -3.96. The Morgan fingerprint density at radius 1 is 1.03 bits per heavy atom. The van der Waals surface area contributed by atoms with Crippen LogP contribution in [0, 0.1) is 0 Å². The Morgan fingerprint density at radius 3 is 2.58 bits per heavy atom. The highest BCUT2D eigenvalue weighted by Crippen LogP contribution is 2.39. The fourth-order valence-electron chi connectivity index (χ4n) is 3.67. The molecule has 154 valence electrons. The van der Waals surface area contributed by atoms with E-state index in [1.165, 1.54) is 0 Å². The summed E-state index contributed by atoms with van der Waals surface area (Å²) >= 11 is 0. The van der Waals surface area contributed by atoms with Crippen LogP contribution in [0.25, 0.3) is 22.0 Å². The first-order chi connectivity index (χ1) is 15.2. The van der Waals surface area contributed by atoms with Crippen molar-refractivity contribution in [2.45, 2.75) is 6.42 Å². The van der Waals surface area contributed by atoms with Crippen molar-refractivity contribution in [1.29, 1.82) is 0 Å². The number of ether oxygens (including phenoxy) is 1. The zero-order valence-corrected chi connectivity index (χ0v) is 16.9. The SMILES string of the molecule is C=CC(=O)Oc1ccccc1/C(=C(\CCO)c1ccccc1)c1ccc2[nH]ncc2c1. The van der Waals surface area contributed by atoms with Crippen LogP contribution in [0.1, 0.15) is 23.1 Å². The topological polar surface area (TPSA) is 75.2 Å². The van der Waals surface area contributed by atoms with Crippen LogP contribution in [0.5, 0.6) is 5.75 Å². The fraction of sp³-hybridized carbons (Fsp3) is 0.0769. The summed E-state index contributed by atoms with van der Waals surface area (Å²) < 4.78 is 5.56. The molecule has 0 aliphatic rings. The van der Waals surface area contributed by atoms with E-state index in [1.807, 2.05) is 66.7 Å². The van der Waals surface area contributed by atoms with E-state index in [2.05, 4.69) is 16.8 Å². The van der Waals surface area contributed by atoms with Gasteiger partial charge >= 0.3 is 5.97 Å². The van der Waals surface area contributed by atoms with E-state index in [-0.39, 0.29) is 6.61 Å². The molecular weight excluding hydrogens is 388 g/mol. The minimum absolute atomic E-state index is 0.0176. The monoisotopic (exact) mass is 410 g/mol. The molecule has 1 heterocycles. The number of hydrogen-bond donors (Lipinski definition) is 2. The summed E-state index contributed by atoms with van der Waals surface area (Å²) in [5, 5.41) is 17.9. The summed E-state index contributed by atoms with van der Waals surface area (Å²) in [5.41, 5.74) is 5.45. The molecule has 0 fully saturated rings. The van der Waals surface area contributed by atoms with Crippen LogP contribution in [0.3, 0.4) is 0 Å². The number of rotatable bonds is 7. The number of hydrogen-bond acceptors (Lipinski definition) is 4. The maximum atomic E-state index is 12.0. The number of aromatic nitrogens is 2. The minimum Gasteiger partial charge on any atom is -0.423 e. The van der Waals surface area contributed by atoms with Gasteiger partial charge in [-0.05, 0) is 46.9 Å². The number of carbonyl (C=O) groups excluding carboxylic acids is 1. The highest BCUT2D eigenvalue weighted by atomic mass is 16.5. The quantitative estimate of drug-likeness (QED) is 0.195. The number of nitrogens with one attached hydrogen (secondary N) is 1. The van der Waals surface area contributed by atoms with Crippen LogP contribution in [0.4, 0.5) is 0 Å². The summed E-state index contributed by atoms with van der Waals surface area (Å²) in [5.74, 6) is -0.0958. The third-order valence-electron chi connectivity index (χ3n) is 5.05. The van der Waals surface area contributed by atoms with Gasteiger partial charge in [0.15, 0.2) is 0 Å². The van der Waals surface area contributed by atoms with Crippen molar-refractivity contribution in [1.82, 2.24) is 10.2 Å². The Bertz CT molecular complexity index is 1260. The van der Waals surface area contributed by atoms with E-state index in [0.717, 1.165) is 44.8 Å². The molecule has 0 amide bonds. The van der Waals surface area contributed by atoms with Gasteiger partial charge in [-0.2, -0.15) is 5.10 Å². The number of fused-ring (bicyclic) bond motifs is 1. The first kappa shape index (κ1) is 20.3. The molecule has 5 heteroatoms. The van der Waals surface area contributed by atoms with E-state index < -0.39 is 5.97 Å². The van der Waals surface area contributed by atoms with Gasteiger partial charge in [0.25, 0.3) is 0 Å². The van der Waals surface area contributed by atoms with Gasteiger partial charge in [-0.15, -0.1) is 0 Å². The van der Waals surface area contributed by atoms with Gasteiger partial charge in [0, 0.05) is 23.6 Å². The second-order valence-corrected chi connectivity index (χ2v) is 6.99. The molecule has 0 radical (unpaired) electrons. The maximum absolute atomic E-state index is 12.0. The van der Waals surface area contributed by atoms with Gasteiger partial charge < -0.3 is 9.84 Å². The number of benzene rings is 3. The first-order valence-electron chi connectivity index (χ1n) is 9.98. The molecule has 0 saturated heterocycles. The Kier molecular flexibility index (Phi) is 6.05. The van der Waals surface area contributed by atoms with Crippen LogP contribution < -0.4 is 4.74 Å². The lowest BCUT2D eigenvalue weighted by atomic mass is 9.87. The molecule has 0 saturated carbocycles. The molecule has 0 spiro atoms. The number of carbonyl (C=O) groups is 1. The van der Waals surface area contributed by atoms with Crippen molar-refractivity contribution in [3.63, 3.8) is 0 Å². The number of nitrogens with zero attached hydrogens (tertiary/aromatic N) is 1. The van der Waals surface area contributed by atoms with Gasteiger partial charge in [0.1, 0.15) is 5.75 Å².